The van der Waals surface area contributed by atoms with Gasteiger partial charge >= 0.3 is 5.97 Å². The molecule has 1 N–H and O–H groups in total. The first-order valence-electron chi connectivity index (χ1n) is 10.4. The number of carbonyl (C=O) groups is 1. The second kappa shape index (κ2) is 8.01. The molecule has 2 atom stereocenters. The van der Waals surface area contributed by atoms with E-state index >= 15 is 0 Å². The van der Waals surface area contributed by atoms with Gasteiger partial charge in [0, 0.05) is 24.1 Å². The average molecular weight is 428 g/mol. The summed E-state index contributed by atoms with van der Waals surface area (Å²) < 4.78 is 18.2. The molecule has 0 fully saturated rings. The second-order valence-electron chi connectivity index (χ2n) is 8.53. The Labute approximate surface area is 181 Å². The molecule has 0 bridgehead atoms. The Kier molecular flexibility index (Phi) is 5.53. The third-order valence-electron chi connectivity index (χ3n) is 6.00. The van der Waals surface area contributed by atoms with Crippen LogP contribution >= 0.6 is 0 Å². The Morgan fingerprint density at radius 1 is 1.32 bits per heavy atom. The SMILES string of the molecule is CCOC(=O)C1=CN2C(=CC1O)c1c3cccc(OC)c3nn1CC2C(C)(C)COC. The molecule has 2 unspecified atom stereocenters. The fraction of sp³-hybridized carbons (Fsp3) is 0.478. The van der Waals surface area contributed by atoms with Crippen molar-refractivity contribution >= 4 is 22.6 Å². The van der Waals surface area contributed by atoms with E-state index < -0.39 is 12.1 Å². The molecular weight excluding hydrogens is 398 g/mol. The number of benzene rings is 1. The number of fused-ring (bicyclic) bond motifs is 5. The summed E-state index contributed by atoms with van der Waals surface area (Å²) in [4.78, 5) is 14.6. The Balaban J connectivity index is 1.91. The summed E-state index contributed by atoms with van der Waals surface area (Å²) in [6.07, 6.45) is 2.36. The zero-order chi connectivity index (χ0) is 22.3. The number of hydrogen-bond donors (Lipinski definition) is 1. The predicted molar refractivity (Wildman–Crippen MR) is 116 cm³/mol. The minimum absolute atomic E-state index is 0.0663. The fourth-order valence-electron chi connectivity index (χ4n) is 4.51. The molecule has 2 aromatic rings. The fourth-order valence-corrected chi connectivity index (χ4v) is 4.51. The van der Waals surface area contributed by atoms with Crippen LogP contribution in [-0.4, -0.2) is 65.3 Å². The van der Waals surface area contributed by atoms with Gasteiger partial charge in [-0.05, 0) is 19.1 Å². The standard InChI is InChI=1S/C23H29N3O5/c1-6-31-22(28)15-11-25-16(10-17(15)27)21-14-8-7-9-18(30-5)20(14)24-26(21)12-19(25)23(2,3)13-29-4/h7-11,17,19,27H,6,12-13H2,1-5H3. The van der Waals surface area contributed by atoms with Crippen molar-refractivity contribution in [1.29, 1.82) is 0 Å². The van der Waals surface area contributed by atoms with Crippen LogP contribution in [0.1, 0.15) is 26.5 Å². The minimum Gasteiger partial charge on any atom is -0.494 e. The summed E-state index contributed by atoms with van der Waals surface area (Å²) in [5.41, 5.74) is 2.40. The Morgan fingerprint density at radius 2 is 2.10 bits per heavy atom. The maximum Gasteiger partial charge on any atom is 0.338 e. The number of ether oxygens (including phenoxy) is 3. The summed E-state index contributed by atoms with van der Waals surface area (Å²) in [6, 6.07) is 5.74. The molecule has 3 heterocycles. The molecule has 1 aromatic heterocycles. The Hall–Kier alpha value is -2.84. The normalized spacial score (nSPS) is 20.6. The van der Waals surface area contributed by atoms with Crippen LogP contribution in [0.25, 0.3) is 16.6 Å². The van der Waals surface area contributed by atoms with Crippen LogP contribution < -0.4 is 4.74 Å². The second-order valence-corrected chi connectivity index (χ2v) is 8.53. The lowest BCUT2D eigenvalue weighted by Gasteiger charge is -2.47. The molecule has 0 amide bonds. The van der Waals surface area contributed by atoms with Gasteiger partial charge in [-0.3, -0.25) is 4.68 Å². The quantitative estimate of drug-likeness (QED) is 0.709. The highest BCUT2D eigenvalue weighted by Gasteiger charge is 2.43. The molecule has 8 heteroatoms. The molecule has 8 nitrogen and oxygen atoms in total. The van der Waals surface area contributed by atoms with Crippen LogP contribution in [0.4, 0.5) is 0 Å². The molecule has 1 aromatic carbocycles. The summed E-state index contributed by atoms with van der Waals surface area (Å²) >= 11 is 0. The lowest BCUT2D eigenvalue weighted by atomic mass is 9.81. The van der Waals surface area contributed by atoms with E-state index in [0.29, 0.717) is 18.9 Å². The van der Waals surface area contributed by atoms with Crippen molar-refractivity contribution in [2.75, 3.05) is 27.4 Å². The first kappa shape index (κ1) is 21.4. The first-order valence-corrected chi connectivity index (χ1v) is 10.4. The molecule has 31 heavy (non-hydrogen) atoms. The zero-order valence-corrected chi connectivity index (χ0v) is 18.6. The number of carbonyl (C=O) groups excluding carboxylic acids is 1. The molecule has 166 valence electrons. The van der Waals surface area contributed by atoms with Crippen LogP contribution in [0.15, 0.2) is 36.0 Å². The van der Waals surface area contributed by atoms with Gasteiger partial charge < -0.3 is 24.2 Å². The molecule has 0 aliphatic carbocycles. The molecule has 0 radical (unpaired) electrons. The molecule has 0 spiro atoms. The lowest BCUT2D eigenvalue weighted by Crippen LogP contribution is -2.51. The smallest absolute Gasteiger partial charge is 0.338 e. The van der Waals surface area contributed by atoms with Crippen molar-refractivity contribution in [1.82, 2.24) is 14.7 Å². The Morgan fingerprint density at radius 3 is 2.77 bits per heavy atom. The lowest BCUT2D eigenvalue weighted by molar-refractivity contribution is -0.139. The predicted octanol–water partition coefficient (Wildman–Crippen LogP) is 2.56. The third-order valence-corrected chi connectivity index (χ3v) is 6.00. The van der Waals surface area contributed by atoms with Crippen LogP contribution in [0, 0.1) is 5.41 Å². The summed E-state index contributed by atoms with van der Waals surface area (Å²) in [5, 5.41) is 16.5. The van der Waals surface area contributed by atoms with Gasteiger partial charge in [0.15, 0.2) is 0 Å². The van der Waals surface area contributed by atoms with E-state index in [1.165, 1.54) is 0 Å². The van der Waals surface area contributed by atoms with E-state index in [9.17, 15) is 9.90 Å². The van der Waals surface area contributed by atoms with E-state index in [4.69, 9.17) is 19.3 Å². The topological polar surface area (TPSA) is 86.0 Å². The van der Waals surface area contributed by atoms with Crippen molar-refractivity contribution in [2.24, 2.45) is 5.41 Å². The maximum atomic E-state index is 12.5. The van der Waals surface area contributed by atoms with E-state index in [1.54, 1.807) is 33.4 Å². The summed E-state index contributed by atoms with van der Waals surface area (Å²) in [6.45, 7) is 7.34. The summed E-state index contributed by atoms with van der Waals surface area (Å²) in [5.74, 6) is 0.178. The molecule has 2 aliphatic heterocycles. The number of methoxy groups -OCH3 is 2. The van der Waals surface area contributed by atoms with Gasteiger partial charge in [0.05, 0.1) is 49.9 Å². The van der Waals surface area contributed by atoms with Gasteiger partial charge in [0.25, 0.3) is 0 Å². The van der Waals surface area contributed by atoms with Crippen molar-refractivity contribution in [3.05, 3.63) is 41.7 Å². The maximum absolute atomic E-state index is 12.5. The van der Waals surface area contributed by atoms with Gasteiger partial charge in [-0.1, -0.05) is 26.0 Å². The minimum atomic E-state index is -1.07. The van der Waals surface area contributed by atoms with Crippen LogP contribution in [0.2, 0.25) is 0 Å². The highest BCUT2D eigenvalue weighted by molar-refractivity contribution is 5.96. The van der Waals surface area contributed by atoms with Crippen molar-refractivity contribution in [2.45, 2.75) is 39.5 Å². The first-order chi connectivity index (χ1) is 14.8. The zero-order valence-electron chi connectivity index (χ0n) is 18.6. The highest BCUT2D eigenvalue weighted by atomic mass is 16.5. The van der Waals surface area contributed by atoms with E-state index in [0.717, 1.165) is 22.3 Å². The van der Waals surface area contributed by atoms with Gasteiger partial charge in [0.1, 0.15) is 17.4 Å². The molecule has 0 saturated heterocycles. The van der Waals surface area contributed by atoms with Crippen LogP contribution in [0.5, 0.6) is 5.75 Å². The monoisotopic (exact) mass is 427 g/mol. The summed E-state index contributed by atoms with van der Waals surface area (Å²) in [7, 11) is 3.31. The molecule has 2 aliphatic rings. The average Bonchev–Trinajstić information content (AvgIpc) is 3.11. The van der Waals surface area contributed by atoms with Gasteiger partial charge in [0.2, 0.25) is 0 Å². The van der Waals surface area contributed by atoms with Gasteiger partial charge in [-0.15, -0.1) is 0 Å². The Bertz CT molecular complexity index is 1070. The van der Waals surface area contributed by atoms with E-state index in [-0.39, 0.29) is 23.6 Å². The number of nitrogens with zero attached hydrogens (tertiary/aromatic N) is 3. The highest BCUT2D eigenvalue weighted by Crippen LogP contribution is 2.43. The van der Waals surface area contributed by atoms with Crippen LogP contribution in [0.3, 0.4) is 0 Å². The number of hydrogen-bond acceptors (Lipinski definition) is 7. The number of rotatable bonds is 6. The van der Waals surface area contributed by atoms with Crippen molar-refractivity contribution in [3.63, 3.8) is 0 Å². The number of aliphatic hydroxyl groups excluding tert-OH is 1. The number of aliphatic hydroxyl groups is 1. The van der Waals surface area contributed by atoms with Crippen LogP contribution in [-0.2, 0) is 20.8 Å². The van der Waals surface area contributed by atoms with Crippen molar-refractivity contribution in [3.8, 4) is 5.75 Å². The molecule has 4 rings (SSSR count). The van der Waals surface area contributed by atoms with Gasteiger partial charge in [-0.25, -0.2) is 4.79 Å². The molecular formula is C23H29N3O5. The van der Waals surface area contributed by atoms with E-state index in [1.807, 2.05) is 22.9 Å². The van der Waals surface area contributed by atoms with E-state index in [2.05, 4.69) is 18.7 Å². The number of esters is 1. The third kappa shape index (κ3) is 3.49. The number of aromatic nitrogens is 2. The largest absolute Gasteiger partial charge is 0.494 e. The van der Waals surface area contributed by atoms with Crippen molar-refractivity contribution < 1.29 is 24.1 Å². The van der Waals surface area contributed by atoms with Gasteiger partial charge in [-0.2, -0.15) is 5.10 Å². The molecule has 0 saturated carbocycles.